The molecule has 0 heterocycles. The van der Waals surface area contributed by atoms with Crippen LogP contribution in [0.5, 0.6) is 0 Å². The van der Waals surface area contributed by atoms with Crippen molar-refractivity contribution < 1.29 is 0 Å². The molecule has 0 unspecified atom stereocenters. The maximum absolute atomic E-state index is 4.01. The topological polar surface area (TPSA) is 0 Å². The number of hydrogen-bond acceptors (Lipinski definition) is 0. The van der Waals surface area contributed by atoms with Gasteiger partial charge in [-0.1, -0.05) is 81.8 Å². The fraction of sp³-hybridized carbons (Fsp3) is 0.412. The summed E-state index contributed by atoms with van der Waals surface area (Å²) in [5.41, 5.74) is 3.80. The van der Waals surface area contributed by atoms with Crippen LogP contribution in [0, 0.1) is 0 Å². The molecule has 0 spiro atoms. The number of allylic oxidation sites excluding steroid dienone is 3. The van der Waals surface area contributed by atoms with Crippen molar-refractivity contribution in [1.82, 2.24) is 0 Å². The van der Waals surface area contributed by atoms with Crippen LogP contribution in [0.2, 0.25) is 0 Å². The van der Waals surface area contributed by atoms with Crippen molar-refractivity contribution in [3.05, 3.63) is 59.7 Å². The second kappa shape index (κ2) is 12.8. The fourth-order valence-electron chi connectivity index (χ4n) is 1.32. The van der Waals surface area contributed by atoms with Crippen LogP contribution in [0.25, 0.3) is 0 Å². The van der Waals surface area contributed by atoms with Gasteiger partial charge >= 0.3 is 0 Å². The highest BCUT2D eigenvalue weighted by atomic mass is 14.0. The summed E-state index contributed by atoms with van der Waals surface area (Å²) in [5.74, 6) is 0. The van der Waals surface area contributed by atoms with E-state index in [1.807, 2.05) is 33.8 Å². The number of rotatable bonds is 3. The van der Waals surface area contributed by atoms with Crippen molar-refractivity contribution in [2.75, 3.05) is 0 Å². The van der Waals surface area contributed by atoms with Crippen LogP contribution >= 0.6 is 0 Å². The normalized spacial score (nSPS) is 7.88. The van der Waals surface area contributed by atoms with Gasteiger partial charge in [-0.25, -0.2) is 0 Å². The first-order valence-corrected chi connectivity index (χ1v) is 6.55. The molecule has 0 aromatic heterocycles. The summed E-state index contributed by atoms with van der Waals surface area (Å²) in [6, 6.07) is 10.4. The third-order valence-electron chi connectivity index (χ3n) is 1.77. The average molecular weight is 232 g/mol. The third-order valence-corrected chi connectivity index (χ3v) is 1.77. The van der Waals surface area contributed by atoms with E-state index in [4.69, 9.17) is 0 Å². The van der Waals surface area contributed by atoms with E-state index >= 15 is 0 Å². The summed E-state index contributed by atoms with van der Waals surface area (Å²) in [6.07, 6.45) is 3.08. The molecule has 0 nitrogen and oxygen atoms in total. The average Bonchev–Trinajstić information content (AvgIpc) is 2.34. The highest BCUT2D eigenvalue weighted by Crippen LogP contribution is 2.08. The maximum atomic E-state index is 4.01. The van der Waals surface area contributed by atoms with Crippen LogP contribution in [0.3, 0.4) is 0 Å². The van der Waals surface area contributed by atoms with Gasteiger partial charge in [-0.2, -0.15) is 0 Å². The first-order valence-electron chi connectivity index (χ1n) is 6.55. The van der Waals surface area contributed by atoms with Gasteiger partial charge in [0, 0.05) is 0 Å². The Kier molecular flexibility index (Phi) is 13.6. The van der Waals surface area contributed by atoms with Crippen molar-refractivity contribution in [2.24, 2.45) is 0 Å². The Morgan fingerprint density at radius 3 is 1.88 bits per heavy atom. The first kappa shape index (κ1) is 18.1. The van der Waals surface area contributed by atoms with Gasteiger partial charge in [-0.3, -0.25) is 0 Å². The molecule has 17 heavy (non-hydrogen) atoms. The zero-order chi connectivity index (χ0) is 13.7. The Hall–Kier alpha value is -1.30. The lowest BCUT2D eigenvalue weighted by molar-refractivity contribution is 1.19. The second-order valence-corrected chi connectivity index (χ2v) is 3.54. The maximum Gasteiger partial charge on any atom is -0.00317 e. The van der Waals surface area contributed by atoms with Crippen molar-refractivity contribution in [3.8, 4) is 0 Å². The van der Waals surface area contributed by atoms with Crippen LogP contribution in [-0.2, 0) is 6.42 Å². The molecule has 1 aromatic carbocycles. The van der Waals surface area contributed by atoms with Gasteiger partial charge in [0.05, 0.1) is 0 Å². The molecule has 96 valence electrons. The van der Waals surface area contributed by atoms with Crippen LogP contribution in [0.4, 0.5) is 0 Å². The van der Waals surface area contributed by atoms with E-state index in [1.54, 1.807) is 0 Å². The van der Waals surface area contributed by atoms with Crippen LogP contribution < -0.4 is 0 Å². The van der Waals surface area contributed by atoms with E-state index in [0.29, 0.717) is 0 Å². The summed E-state index contributed by atoms with van der Waals surface area (Å²) in [5, 5.41) is 0. The van der Waals surface area contributed by atoms with Crippen LogP contribution in [-0.4, -0.2) is 0 Å². The molecule has 0 heteroatoms. The number of hydrogen-bond donors (Lipinski definition) is 0. The quantitative estimate of drug-likeness (QED) is 0.577. The fourth-order valence-corrected chi connectivity index (χ4v) is 1.32. The van der Waals surface area contributed by atoms with E-state index in [0.717, 1.165) is 6.42 Å². The van der Waals surface area contributed by atoms with E-state index < -0.39 is 0 Å². The first-order chi connectivity index (χ1) is 8.18. The Bertz CT molecular complexity index is 300. The lowest BCUT2D eigenvalue weighted by atomic mass is 10.1. The molecule has 1 rings (SSSR count). The van der Waals surface area contributed by atoms with E-state index in [9.17, 15) is 0 Å². The molecule has 0 amide bonds. The summed E-state index contributed by atoms with van der Waals surface area (Å²) in [4.78, 5) is 0. The largest absolute Gasteiger partial charge is 0.0955 e. The Morgan fingerprint density at radius 2 is 1.47 bits per heavy atom. The monoisotopic (exact) mass is 232 g/mol. The van der Waals surface area contributed by atoms with Gasteiger partial charge in [-0.15, -0.1) is 0 Å². The molecule has 0 bridgehead atoms. The molecule has 0 saturated heterocycles. The highest BCUT2D eigenvalue weighted by Gasteiger charge is 1.92. The molecule has 0 aliphatic rings. The molecule has 0 N–H and O–H groups in total. The zero-order valence-electron chi connectivity index (χ0n) is 12.4. The Labute approximate surface area is 108 Å². The lowest BCUT2D eigenvalue weighted by Crippen LogP contribution is -1.85. The molecule has 0 radical (unpaired) electrons. The summed E-state index contributed by atoms with van der Waals surface area (Å²) in [6.45, 7) is 16.2. The molecule has 0 fully saturated rings. The van der Waals surface area contributed by atoms with Gasteiger partial charge in [0.25, 0.3) is 0 Å². The minimum Gasteiger partial charge on any atom is -0.0955 e. The van der Waals surface area contributed by atoms with E-state index in [2.05, 4.69) is 50.8 Å². The second-order valence-electron chi connectivity index (χ2n) is 3.54. The molecule has 1 aromatic rings. The number of benzene rings is 1. The van der Waals surface area contributed by atoms with Crippen molar-refractivity contribution in [2.45, 2.75) is 48.0 Å². The molecule has 0 saturated carbocycles. The third kappa shape index (κ3) is 11.0. The zero-order valence-corrected chi connectivity index (χ0v) is 12.4. The summed E-state index contributed by atoms with van der Waals surface area (Å²) >= 11 is 0. The molecule has 0 atom stereocenters. The van der Waals surface area contributed by atoms with E-state index in [-0.39, 0.29) is 0 Å². The van der Waals surface area contributed by atoms with Gasteiger partial charge in [0.15, 0.2) is 0 Å². The standard InChI is InChI=1S/C13H16.2C2H6/c1-11(2)9-12(3)10-13-7-5-4-6-8-13;2*1-2/h4-9H,3,10H2,1-2H3;2*1-2H3. The minimum absolute atomic E-state index is 0.950. The predicted molar refractivity (Wildman–Crippen MR) is 81.4 cm³/mol. The molecule has 0 aliphatic carbocycles. The van der Waals surface area contributed by atoms with Crippen LogP contribution in [0.15, 0.2) is 54.1 Å². The van der Waals surface area contributed by atoms with Gasteiger partial charge < -0.3 is 0 Å². The predicted octanol–water partition coefficient (Wildman–Crippen LogP) is 5.80. The van der Waals surface area contributed by atoms with Crippen molar-refractivity contribution in [3.63, 3.8) is 0 Å². The van der Waals surface area contributed by atoms with Gasteiger partial charge in [-0.05, 0) is 25.8 Å². The molecular weight excluding hydrogens is 204 g/mol. The Morgan fingerprint density at radius 1 is 1.00 bits per heavy atom. The van der Waals surface area contributed by atoms with Crippen LogP contribution in [0.1, 0.15) is 47.1 Å². The van der Waals surface area contributed by atoms with Gasteiger partial charge in [0.2, 0.25) is 0 Å². The summed E-state index contributed by atoms with van der Waals surface area (Å²) in [7, 11) is 0. The van der Waals surface area contributed by atoms with Crippen molar-refractivity contribution in [1.29, 1.82) is 0 Å². The lowest BCUT2D eigenvalue weighted by Gasteiger charge is -2.00. The Balaban J connectivity index is 0. The smallest absolute Gasteiger partial charge is 0.00317 e. The molecular formula is C17H28. The van der Waals surface area contributed by atoms with Gasteiger partial charge in [0.1, 0.15) is 0 Å². The highest BCUT2D eigenvalue weighted by molar-refractivity contribution is 5.27. The minimum atomic E-state index is 0.950. The molecule has 0 aliphatic heterocycles. The SMILES string of the molecule is C=C(C=C(C)C)Cc1ccccc1.CC.CC. The van der Waals surface area contributed by atoms with Crippen molar-refractivity contribution >= 4 is 0 Å². The van der Waals surface area contributed by atoms with E-state index in [1.165, 1.54) is 16.7 Å². The summed E-state index contributed by atoms with van der Waals surface area (Å²) < 4.78 is 0.